The summed E-state index contributed by atoms with van der Waals surface area (Å²) in [6, 6.07) is 4.37. The molecule has 5 rings (SSSR count). The van der Waals surface area contributed by atoms with Crippen LogP contribution in [0.25, 0.3) is 0 Å². The SMILES string of the molecule is N#Cc1ccc(N2CCN(C(=O)N3CC[C@H](OC[C@@H]4CCCN4C4CNNC(=O)C4C(F)(F)F)C3)CC2)nc1. The van der Waals surface area contributed by atoms with Crippen molar-refractivity contribution in [1.82, 2.24) is 30.5 Å². The number of hydrogen-bond acceptors (Lipinski definition) is 8. The lowest BCUT2D eigenvalue weighted by atomic mass is 9.94. The minimum atomic E-state index is -4.62. The van der Waals surface area contributed by atoms with Gasteiger partial charge in [-0.25, -0.2) is 15.2 Å². The third-order valence-electron chi connectivity index (χ3n) is 8.08. The second-order valence-electron chi connectivity index (χ2n) is 10.5. The number of hydrogen-bond donors (Lipinski definition) is 2. The number of nitrogens with zero attached hydrogens (tertiary/aromatic N) is 6. The van der Waals surface area contributed by atoms with Crippen LogP contribution in [-0.2, 0) is 9.53 Å². The van der Waals surface area contributed by atoms with Crippen LogP contribution in [0.5, 0.6) is 0 Å². The van der Waals surface area contributed by atoms with Gasteiger partial charge in [-0.2, -0.15) is 18.4 Å². The molecule has 1 aromatic rings. The van der Waals surface area contributed by atoms with E-state index in [4.69, 9.17) is 10.00 Å². The summed E-state index contributed by atoms with van der Waals surface area (Å²) in [4.78, 5) is 36.9. The summed E-state index contributed by atoms with van der Waals surface area (Å²) in [6.07, 6.45) is -1.13. The molecule has 39 heavy (non-hydrogen) atoms. The van der Waals surface area contributed by atoms with E-state index in [0.29, 0.717) is 64.2 Å². The quantitative estimate of drug-likeness (QED) is 0.557. The number of ether oxygens (including phenoxy) is 1. The van der Waals surface area contributed by atoms with Gasteiger partial charge < -0.3 is 19.4 Å². The number of piperazine rings is 1. The normalized spacial score (nSPS) is 28.5. The molecule has 2 unspecified atom stereocenters. The van der Waals surface area contributed by atoms with Crippen molar-refractivity contribution in [3.8, 4) is 6.07 Å². The Morgan fingerprint density at radius 3 is 2.62 bits per heavy atom. The Hall–Kier alpha value is -3.15. The zero-order chi connectivity index (χ0) is 27.6. The lowest BCUT2D eigenvalue weighted by Gasteiger charge is -2.41. The van der Waals surface area contributed by atoms with Crippen LogP contribution in [0.4, 0.5) is 23.8 Å². The molecule has 0 saturated carbocycles. The molecule has 5 heterocycles. The van der Waals surface area contributed by atoms with Crippen molar-refractivity contribution in [1.29, 1.82) is 5.26 Å². The van der Waals surface area contributed by atoms with E-state index in [1.807, 2.05) is 11.0 Å². The van der Waals surface area contributed by atoms with Gasteiger partial charge in [0.2, 0.25) is 5.91 Å². The van der Waals surface area contributed by atoms with Gasteiger partial charge in [-0.3, -0.25) is 15.1 Å². The molecule has 4 saturated heterocycles. The molecule has 0 aromatic carbocycles. The molecule has 0 radical (unpaired) electrons. The highest BCUT2D eigenvalue weighted by Gasteiger charge is 2.54. The van der Waals surface area contributed by atoms with Crippen LogP contribution >= 0.6 is 0 Å². The zero-order valence-electron chi connectivity index (χ0n) is 21.6. The molecular formula is C25H33F3N8O3. The van der Waals surface area contributed by atoms with Crippen LogP contribution in [0.1, 0.15) is 24.8 Å². The van der Waals surface area contributed by atoms with E-state index in [2.05, 4.69) is 26.8 Å². The Morgan fingerprint density at radius 1 is 1.13 bits per heavy atom. The number of hydrazine groups is 1. The first-order valence-electron chi connectivity index (χ1n) is 13.4. The van der Waals surface area contributed by atoms with Gasteiger partial charge in [-0.15, -0.1) is 0 Å². The maximum absolute atomic E-state index is 13.7. The fourth-order valence-corrected chi connectivity index (χ4v) is 6.01. The van der Waals surface area contributed by atoms with Crippen molar-refractivity contribution in [3.05, 3.63) is 23.9 Å². The lowest BCUT2D eigenvalue weighted by molar-refractivity contribution is -0.201. The molecule has 212 valence electrons. The van der Waals surface area contributed by atoms with E-state index in [1.54, 1.807) is 22.1 Å². The monoisotopic (exact) mass is 550 g/mol. The summed E-state index contributed by atoms with van der Waals surface area (Å²) in [5.41, 5.74) is 5.22. The second-order valence-corrected chi connectivity index (χ2v) is 10.5. The summed E-state index contributed by atoms with van der Waals surface area (Å²) in [5.74, 6) is -2.35. The van der Waals surface area contributed by atoms with Crippen LogP contribution in [0.15, 0.2) is 18.3 Å². The van der Waals surface area contributed by atoms with E-state index in [9.17, 15) is 22.8 Å². The lowest BCUT2D eigenvalue weighted by Crippen LogP contribution is -2.65. The van der Waals surface area contributed by atoms with Crippen LogP contribution in [0.2, 0.25) is 0 Å². The molecule has 4 aliphatic rings. The highest BCUT2D eigenvalue weighted by atomic mass is 19.4. The molecule has 4 aliphatic heterocycles. The van der Waals surface area contributed by atoms with Gasteiger partial charge in [0.25, 0.3) is 0 Å². The number of halogens is 3. The van der Waals surface area contributed by atoms with Gasteiger partial charge in [0, 0.05) is 64.1 Å². The summed E-state index contributed by atoms with van der Waals surface area (Å²) in [7, 11) is 0. The van der Waals surface area contributed by atoms with E-state index in [1.165, 1.54) is 0 Å². The van der Waals surface area contributed by atoms with Crippen LogP contribution < -0.4 is 15.8 Å². The number of carbonyl (C=O) groups is 2. The summed E-state index contributed by atoms with van der Waals surface area (Å²) in [5, 5.41) is 8.94. The number of rotatable bonds is 5. The third-order valence-corrected chi connectivity index (χ3v) is 8.08. The van der Waals surface area contributed by atoms with Gasteiger partial charge in [0.05, 0.1) is 18.3 Å². The first-order valence-corrected chi connectivity index (χ1v) is 13.4. The molecule has 0 bridgehead atoms. The fraction of sp³-hybridized carbons (Fsp3) is 0.680. The molecule has 4 fully saturated rings. The van der Waals surface area contributed by atoms with Crippen LogP contribution in [0, 0.1) is 17.2 Å². The number of anilines is 1. The minimum absolute atomic E-state index is 0.0205. The van der Waals surface area contributed by atoms with Gasteiger partial charge in [-0.1, -0.05) is 0 Å². The van der Waals surface area contributed by atoms with Crippen molar-refractivity contribution >= 4 is 17.8 Å². The Balaban J connectivity index is 1.09. The molecular weight excluding hydrogens is 517 g/mol. The predicted molar refractivity (Wildman–Crippen MR) is 133 cm³/mol. The number of amides is 3. The number of carbonyl (C=O) groups excluding carboxylic acids is 2. The predicted octanol–water partition coefficient (Wildman–Crippen LogP) is 0.932. The van der Waals surface area contributed by atoms with Crippen LogP contribution in [-0.4, -0.2) is 115 Å². The van der Waals surface area contributed by atoms with Crippen molar-refractivity contribution in [2.75, 3.05) is 63.9 Å². The highest BCUT2D eigenvalue weighted by Crippen LogP contribution is 2.35. The number of urea groups is 1. The second kappa shape index (κ2) is 11.5. The molecule has 2 N–H and O–H groups in total. The first kappa shape index (κ1) is 27.4. The van der Waals surface area contributed by atoms with Gasteiger partial charge >= 0.3 is 12.2 Å². The molecule has 4 atom stereocenters. The van der Waals surface area contributed by atoms with Crippen LogP contribution in [0.3, 0.4) is 0 Å². The fourth-order valence-electron chi connectivity index (χ4n) is 6.01. The van der Waals surface area contributed by atoms with Crippen molar-refractivity contribution in [3.63, 3.8) is 0 Å². The van der Waals surface area contributed by atoms with Gasteiger partial charge in [-0.05, 0) is 37.9 Å². The molecule has 1 aromatic heterocycles. The van der Waals surface area contributed by atoms with E-state index >= 15 is 0 Å². The molecule has 0 spiro atoms. The molecule has 11 nitrogen and oxygen atoms in total. The summed E-state index contributed by atoms with van der Waals surface area (Å²) < 4.78 is 47.1. The Morgan fingerprint density at radius 2 is 1.92 bits per heavy atom. The minimum Gasteiger partial charge on any atom is -0.375 e. The number of nitriles is 1. The molecule has 3 amide bonds. The topological polar surface area (TPSA) is 117 Å². The van der Waals surface area contributed by atoms with Gasteiger partial charge in [0.15, 0.2) is 5.92 Å². The van der Waals surface area contributed by atoms with E-state index in [0.717, 1.165) is 12.2 Å². The Bertz CT molecular complexity index is 1070. The number of pyridine rings is 1. The van der Waals surface area contributed by atoms with Crippen molar-refractivity contribution in [2.45, 2.75) is 43.6 Å². The largest absolute Gasteiger partial charge is 0.402 e. The van der Waals surface area contributed by atoms with E-state index < -0.39 is 24.0 Å². The Kier molecular flexibility index (Phi) is 8.11. The number of aromatic nitrogens is 1. The van der Waals surface area contributed by atoms with E-state index in [-0.39, 0.29) is 31.3 Å². The number of nitrogens with one attached hydrogen (secondary N) is 2. The van der Waals surface area contributed by atoms with Crippen molar-refractivity contribution < 1.29 is 27.5 Å². The molecule has 14 heteroatoms. The average molecular weight is 551 g/mol. The van der Waals surface area contributed by atoms with Crippen molar-refractivity contribution in [2.24, 2.45) is 5.92 Å². The van der Waals surface area contributed by atoms with Gasteiger partial charge in [0.1, 0.15) is 11.9 Å². The Labute approximate surface area is 224 Å². The number of likely N-dealkylation sites (tertiary alicyclic amines) is 2. The summed E-state index contributed by atoms with van der Waals surface area (Å²) in [6.45, 7) is 4.19. The summed E-state index contributed by atoms with van der Waals surface area (Å²) >= 11 is 0. The third kappa shape index (κ3) is 6.05. The standard InChI is InChI=1S/C25H33F3N8O3/c26-25(27,28)22-20(14-31-32-23(22)37)36-6-1-2-18(36)16-39-19-5-7-35(15-19)24(38)34-10-8-33(9-11-34)21-4-3-17(12-29)13-30-21/h3-4,13,18-20,22,31H,1-2,5-11,14-16H2,(H,32,37)/t18-,19-,20?,22?/m0/s1. The number of alkyl halides is 3. The first-order chi connectivity index (χ1) is 18.7. The maximum atomic E-state index is 13.7. The smallest absolute Gasteiger partial charge is 0.375 e. The average Bonchev–Trinajstić information content (AvgIpc) is 3.60. The molecule has 0 aliphatic carbocycles. The zero-order valence-corrected chi connectivity index (χ0v) is 21.6. The highest BCUT2D eigenvalue weighted by molar-refractivity contribution is 5.80. The maximum Gasteiger partial charge on any atom is 0.402 e.